The van der Waals surface area contributed by atoms with Crippen molar-refractivity contribution in [2.45, 2.75) is 50.9 Å². The van der Waals surface area contributed by atoms with Crippen molar-refractivity contribution in [1.82, 2.24) is 4.90 Å². The number of carbonyl (C=O) groups excluding carboxylic acids is 2. The van der Waals surface area contributed by atoms with Gasteiger partial charge in [-0.2, -0.15) is 0 Å². The van der Waals surface area contributed by atoms with Crippen LogP contribution in [-0.4, -0.2) is 46.9 Å². The molecule has 1 amide bonds. The van der Waals surface area contributed by atoms with E-state index in [0.29, 0.717) is 35.7 Å². The molecule has 6 nitrogen and oxygen atoms in total. The van der Waals surface area contributed by atoms with Gasteiger partial charge < -0.3 is 19.5 Å². The maximum atomic E-state index is 13.3. The molecule has 3 aromatic rings. The first-order chi connectivity index (χ1) is 15.6. The van der Waals surface area contributed by atoms with Crippen molar-refractivity contribution < 1.29 is 24.2 Å². The van der Waals surface area contributed by atoms with E-state index < -0.39 is 17.2 Å². The molecule has 1 aliphatic heterocycles. The molecular weight excluding hydrogens is 458 g/mol. The standard InChI is InChI=1S/C25H27NO5S2/c1-23(2,3)31-22(28)26-14-24(15-26)12-17(13-24)30-21(27)25(29,19-9-6-10-32-19)20-11-16-7-4-5-8-18(16)33-20/h4-11,17,29H,12-15H2,1-3H3/t25-/m0/s1. The Kier molecular flexibility index (Phi) is 5.30. The van der Waals surface area contributed by atoms with Gasteiger partial charge in [-0.1, -0.05) is 24.3 Å². The van der Waals surface area contributed by atoms with E-state index >= 15 is 0 Å². The molecule has 174 valence electrons. The van der Waals surface area contributed by atoms with E-state index in [-0.39, 0.29) is 17.6 Å². The smallest absolute Gasteiger partial charge is 0.410 e. The summed E-state index contributed by atoms with van der Waals surface area (Å²) in [6, 6.07) is 13.3. The van der Waals surface area contributed by atoms with Gasteiger partial charge in [-0.15, -0.1) is 22.7 Å². The minimum atomic E-state index is -1.83. The molecule has 1 atom stereocenters. The molecule has 0 radical (unpaired) electrons. The molecule has 1 saturated carbocycles. The van der Waals surface area contributed by atoms with Crippen LogP contribution in [-0.2, 0) is 19.9 Å². The number of likely N-dealkylation sites (tertiary alicyclic amines) is 1. The number of nitrogens with zero attached hydrogens (tertiary/aromatic N) is 1. The fourth-order valence-electron chi connectivity index (χ4n) is 4.67. The van der Waals surface area contributed by atoms with Crippen LogP contribution in [0.3, 0.4) is 0 Å². The van der Waals surface area contributed by atoms with Crippen LogP contribution in [0.15, 0.2) is 47.8 Å². The van der Waals surface area contributed by atoms with Gasteiger partial charge in [0.25, 0.3) is 0 Å². The quantitative estimate of drug-likeness (QED) is 0.518. The third-order valence-corrected chi connectivity index (χ3v) is 8.46. The monoisotopic (exact) mass is 485 g/mol. The summed E-state index contributed by atoms with van der Waals surface area (Å²) in [5, 5.41) is 14.5. The molecule has 1 N–H and O–H groups in total. The highest BCUT2D eigenvalue weighted by atomic mass is 32.1. The minimum absolute atomic E-state index is 0.0134. The Bertz CT molecular complexity index is 1150. The first-order valence-electron chi connectivity index (χ1n) is 11.0. The fourth-order valence-corrected chi connectivity index (χ4v) is 6.72. The lowest BCUT2D eigenvalue weighted by Crippen LogP contribution is -2.66. The highest BCUT2D eigenvalue weighted by Gasteiger charge is 2.57. The van der Waals surface area contributed by atoms with Crippen LogP contribution >= 0.6 is 22.7 Å². The van der Waals surface area contributed by atoms with Crippen LogP contribution in [0.4, 0.5) is 4.79 Å². The van der Waals surface area contributed by atoms with E-state index in [1.807, 2.05) is 62.5 Å². The molecule has 33 heavy (non-hydrogen) atoms. The molecule has 1 aliphatic carbocycles. The lowest BCUT2D eigenvalue weighted by molar-refractivity contribution is -0.189. The topological polar surface area (TPSA) is 76.1 Å². The van der Waals surface area contributed by atoms with Gasteiger partial charge in [-0.25, -0.2) is 9.59 Å². The number of hydrogen-bond acceptors (Lipinski definition) is 7. The Balaban J connectivity index is 1.26. The number of esters is 1. The average Bonchev–Trinajstić information content (AvgIpc) is 3.36. The minimum Gasteiger partial charge on any atom is -0.460 e. The summed E-state index contributed by atoms with van der Waals surface area (Å²) in [6.45, 7) is 6.78. The second-order valence-corrected chi connectivity index (χ2v) is 12.1. The first-order valence-corrected chi connectivity index (χ1v) is 12.7. The molecule has 0 unspecified atom stereocenters. The first kappa shape index (κ1) is 22.4. The summed E-state index contributed by atoms with van der Waals surface area (Å²) in [6.07, 6.45) is 0.806. The summed E-state index contributed by atoms with van der Waals surface area (Å²) in [5.41, 5.74) is -2.36. The largest absolute Gasteiger partial charge is 0.460 e. The number of benzene rings is 1. The number of ether oxygens (including phenoxy) is 2. The van der Waals surface area contributed by atoms with Gasteiger partial charge in [-0.05, 0) is 62.6 Å². The predicted octanol–water partition coefficient (Wildman–Crippen LogP) is 5.14. The average molecular weight is 486 g/mol. The van der Waals surface area contributed by atoms with Gasteiger partial charge in [0.15, 0.2) is 0 Å². The van der Waals surface area contributed by atoms with Crippen LogP contribution in [0.25, 0.3) is 10.1 Å². The third-order valence-electron chi connectivity index (χ3n) is 6.25. The van der Waals surface area contributed by atoms with Gasteiger partial charge in [-0.3, -0.25) is 0 Å². The zero-order valence-electron chi connectivity index (χ0n) is 18.9. The highest BCUT2D eigenvalue weighted by molar-refractivity contribution is 7.19. The molecule has 1 aromatic carbocycles. The lowest BCUT2D eigenvalue weighted by Gasteiger charge is -2.58. The van der Waals surface area contributed by atoms with E-state index in [1.165, 1.54) is 22.7 Å². The third kappa shape index (κ3) is 4.05. The zero-order chi connectivity index (χ0) is 23.4. The summed E-state index contributed by atoms with van der Waals surface area (Å²) >= 11 is 2.74. The summed E-state index contributed by atoms with van der Waals surface area (Å²) in [4.78, 5) is 28.4. The second kappa shape index (κ2) is 7.82. The summed E-state index contributed by atoms with van der Waals surface area (Å²) in [5.74, 6) is -0.639. The summed E-state index contributed by atoms with van der Waals surface area (Å²) < 4.78 is 12.3. The van der Waals surface area contributed by atoms with Crippen molar-refractivity contribution in [3.05, 3.63) is 57.6 Å². The van der Waals surface area contributed by atoms with Gasteiger partial charge in [0.05, 0.1) is 9.75 Å². The van der Waals surface area contributed by atoms with Crippen molar-refractivity contribution in [2.24, 2.45) is 5.41 Å². The number of rotatable bonds is 4. The van der Waals surface area contributed by atoms with Gasteiger partial charge in [0.2, 0.25) is 5.60 Å². The van der Waals surface area contributed by atoms with Gasteiger partial charge >= 0.3 is 12.1 Å². The van der Waals surface area contributed by atoms with Crippen molar-refractivity contribution in [1.29, 1.82) is 0 Å². The number of hydrogen-bond donors (Lipinski definition) is 1. The number of aliphatic hydroxyl groups is 1. The second-order valence-electron chi connectivity index (χ2n) is 10.1. The number of thiophene rings is 2. The summed E-state index contributed by atoms with van der Waals surface area (Å²) in [7, 11) is 0. The molecule has 8 heteroatoms. The maximum Gasteiger partial charge on any atom is 0.410 e. The van der Waals surface area contributed by atoms with E-state index in [2.05, 4.69) is 0 Å². The molecule has 2 aliphatic rings. The zero-order valence-corrected chi connectivity index (χ0v) is 20.5. The number of amides is 1. The van der Waals surface area contributed by atoms with Gasteiger partial charge in [0.1, 0.15) is 11.7 Å². The normalized spacial score (nSPS) is 19.6. The number of carbonyl (C=O) groups is 2. The van der Waals surface area contributed by atoms with Crippen molar-refractivity contribution >= 4 is 44.8 Å². The van der Waals surface area contributed by atoms with Crippen LogP contribution < -0.4 is 0 Å². The molecule has 1 saturated heterocycles. The molecule has 1 spiro atoms. The molecule has 3 heterocycles. The molecule has 5 rings (SSSR count). The Morgan fingerprint density at radius 1 is 1.09 bits per heavy atom. The molecule has 2 aromatic heterocycles. The van der Waals surface area contributed by atoms with Crippen molar-refractivity contribution in [3.8, 4) is 0 Å². The van der Waals surface area contributed by atoms with E-state index in [0.717, 1.165) is 10.1 Å². The SMILES string of the molecule is CC(C)(C)OC(=O)N1CC2(CC(OC(=O)[C@](O)(c3cccs3)c3cc4ccccc4s3)C2)C1. The van der Waals surface area contributed by atoms with Crippen molar-refractivity contribution in [3.63, 3.8) is 0 Å². The highest BCUT2D eigenvalue weighted by Crippen LogP contribution is 2.51. The fraction of sp³-hybridized carbons (Fsp3) is 0.440. The predicted molar refractivity (Wildman–Crippen MR) is 128 cm³/mol. The van der Waals surface area contributed by atoms with Crippen LogP contribution in [0.5, 0.6) is 0 Å². The van der Waals surface area contributed by atoms with E-state index in [1.54, 1.807) is 11.0 Å². The van der Waals surface area contributed by atoms with E-state index in [4.69, 9.17) is 9.47 Å². The van der Waals surface area contributed by atoms with Gasteiger partial charge in [0, 0.05) is 23.2 Å². The Morgan fingerprint density at radius 2 is 1.82 bits per heavy atom. The number of fused-ring (bicyclic) bond motifs is 1. The molecular formula is C25H27NO5S2. The molecule has 0 bridgehead atoms. The lowest BCUT2D eigenvalue weighted by atomic mass is 9.62. The molecule has 2 fully saturated rings. The van der Waals surface area contributed by atoms with Crippen LogP contribution in [0.1, 0.15) is 43.4 Å². The van der Waals surface area contributed by atoms with E-state index in [9.17, 15) is 14.7 Å². The maximum absolute atomic E-state index is 13.3. The van der Waals surface area contributed by atoms with Crippen molar-refractivity contribution in [2.75, 3.05) is 13.1 Å². The Hall–Kier alpha value is -2.42. The Labute approximate surface area is 200 Å². The van der Waals surface area contributed by atoms with Crippen LogP contribution in [0.2, 0.25) is 0 Å². The Morgan fingerprint density at radius 3 is 2.45 bits per heavy atom. The van der Waals surface area contributed by atoms with Crippen LogP contribution in [0, 0.1) is 5.41 Å².